The van der Waals surface area contributed by atoms with Gasteiger partial charge < -0.3 is 10.1 Å². The van der Waals surface area contributed by atoms with E-state index in [1.807, 2.05) is 0 Å². The molecular formula is C9H12F2N2O2S. The molecule has 16 heavy (non-hydrogen) atoms. The number of nitrogens with one attached hydrogen (secondary N) is 1. The Hall–Kier alpha value is -1.24. The summed E-state index contributed by atoms with van der Waals surface area (Å²) in [6.07, 6.45) is -3.35. The number of carbonyl (C=O) groups excluding carboxylic acids is 1. The number of rotatable bonds is 2. The summed E-state index contributed by atoms with van der Waals surface area (Å²) in [7, 11) is 0. The van der Waals surface area contributed by atoms with Crippen LogP contribution in [0.2, 0.25) is 0 Å². The van der Waals surface area contributed by atoms with Crippen molar-refractivity contribution in [2.45, 2.75) is 32.7 Å². The molecule has 0 aliphatic rings. The summed E-state index contributed by atoms with van der Waals surface area (Å²) >= 11 is 0.751. The van der Waals surface area contributed by atoms with Crippen LogP contribution in [0.3, 0.4) is 0 Å². The van der Waals surface area contributed by atoms with Crippen LogP contribution in [0.4, 0.5) is 13.6 Å². The lowest BCUT2D eigenvalue weighted by atomic mass is 10.1. The van der Waals surface area contributed by atoms with Gasteiger partial charge in [0.1, 0.15) is 0 Å². The van der Waals surface area contributed by atoms with Crippen LogP contribution in [0.25, 0.3) is 0 Å². The number of hydrogen-bond donors (Lipinski definition) is 1. The molecule has 0 saturated carbocycles. The monoisotopic (exact) mass is 250 g/mol. The number of nitrogens with zero attached hydrogens (tertiary/aromatic N) is 1. The van der Waals surface area contributed by atoms with Crippen LogP contribution in [0.15, 0.2) is 5.38 Å². The Balaban J connectivity index is 2.57. The predicted molar refractivity (Wildman–Crippen MR) is 56.0 cm³/mol. The maximum atomic E-state index is 12.2. The van der Waals surface area contributed by atoms with Gasteiger partial charge in [-0.3, -0.25) is 0 Å². The summed E-state index contributed by atoms with van der Waals surface area (Å²) in [5.41, 5.74) is -0.446. The van der Waals surface area contributed by atoms with E-state index in [1.54, 1.807) is 20.8 Å². The van der Waals surface area contributed by atoms with E-state index < -0.39 is 18.1 Å². The standard InChI is InChI=1S/C9H12F2N2O2S/c1-9(2,3)13-8(14)15-5-4-16-7(12-5)6(10)11/h4,6H,1-3H3,(H,13,14). The third-order valence-corrected chi connectivity index (χ3v) is 2.19. The van der Waals surface area contributed by atoms with Crippen LogP contribution in [0.5, 0.6) is 5.88 Å². The van der Waals surface area contributed by atoms with Gasteiger partial charge in [-0.2, -0.15) is 0 Å². The number of amides is 1. The maximum absolute atomic E-state index is 12.2. The van der Waals surface area contributed by atoms with Crippen molar-refractivity contribution in [1.29, 1.82) is 0 Å². The van der Waals surface area contributed by atoms with E-state index in [0.717, 1.165) is 11.3 Å². The number of carbonyl (C=O) groups is 1. The Morgan fingerprint density at radius 1 is 1.56 bits per heavy atom. The molecule has 1 aromatic heterocycles. The molecule has 0 aliphatic heterocycles. The topological polar surface area (TPSA) is 51.2 Å². The van der Waals surface area contributed by atoms with Gasteiger partial charge in [0, 0.05) is 5.54 Å². The van der Waals surface area contributed by atoms with E-state index in [1.165, 1.54) is 5.38 Å². The second kappa shape index (κ2) is 4.73. The molecule has 1 N–H and O–H groups in total. The van der Waals surface area contributed by atoms with Gasteiger partial charge in [-0.15, -0.1) is 11.3 Å². The lowest BCUT2D eigenvalue weighted by Gasteiger charge is -2.19. The Bertz CT molecular complexity index is 374. The normalized spacial score (nSPS) is 11.6. The summed E-state index contributed by atoms with van der Waals surface area (Å²) < 4.78 is 29.1. The fourth-order valence-electron chi connectivity index (χ4n) is 0.846. The maximum Gasteiger partial charge on any atom is 0.414 e. The van der Waals surface area contributed by atoms with Crippen molar-refractivity contribution in [3.63, 3.8) is 0 Å². The van der Waals surface area contributed by atoms with Crippen LogP contribution in [-0.2, 0) is 0 Å². The van der Waals surface area contributed by atoms with E-state index in [2.05, 4.69) is 10.3 Å². The molecule has 4 nitrogen and oxygen atoms in total. The first kappa shape index (κ1) is 12.8. The molecule has 1 heterocycles. The highest BCUT2D eigenvalue weighted by Crippen LogP contribution is 2.25. The molecule has 90 valence electrons. The summed E-state index contributed by atoms with van der Waals surface area (Å²) in [6.45, 7) is 5.33. The predicted octanol–water partition coefficient (Wildman–Crippen LogP) is 2.97. The zero-order valence-electron chi connectivity index (χ0n) is 9.08. The van der Waals surface area contributed by atoms with E-state index in [-0.39, 0.29) is 10.9 Å². The first-order chi connectivity index (χ1) is 7.28. The average molecular weight is 250 g/mol. The smallest absolute Gasteiger partial charge is 0.390 e. The molecule has 0 radical (unpaired) electrons. The van der Waals surface area contributed by atoms with Crippen LogP contribution in [0.1, 0.15) is 32.2 Å². The number of alkyl halides is 2. The van der Waals surface area contributed by atoms with Gasteiger partial charge in [0.2, 0.25) is 5.88 Å². The van der Waals surface area contributed by atoms with E-state index in [4.69, 9.17) is 4.74 Å². The Labute approximate surface area is 95.6 Å². The molecule has 0 atom stereocenters. The van der Waals surface area contributed by atoms with Crippen molar-refractivity contribution in [3.05, 3.63) is 10.4 Å². The minimum absolute atomic E-state index is 0.109. The van der Waals surface area contributed by atoms with Gasteiger partial charge >= 0.3 is 6.09 Å². The number of halogens is 2. The van der Waals surface area contributed by atoms with Crippen LogP contribution < -0.4 is 10.1 Å². The van der Waals surface area contributed by atoms with Gasteiger partial charge in [0.15, 0.2) is 5.01 Å². The summed E-state index contributed by atoms with van der Waals surface area (Å²) in [4.78, 5) is 14.7. The summed E-state index contributed by atoms with van der Waals surface area (Å²) in [5, 5.41) is 3.43. The highest BCUT2D eigenvalue weighted by molar-refractivity contribution is 7.09. The highest BCUT2D eigenvalue weighted by atomic mass is 32.1. The molecule has 0 aliphatic carbocycles. The second-order valence-electron chi connectivity index (χ2n) is 4.09. The van der Waals surface area contributed by atoms with Crippen LogP contribution in [0, 0.1) is 0 Å². The summed E-state index contributed by atoms with van der Waals surface area (Å²) in [6, 6.07) is 0. The third kappa shape index (κ3) is 4.09. The fourth-order valence-corrected chi connectivity index (χ4v) is 1.41. The zero-order chi connectivity index (χ0) is 12.3. The van der Waals surface area contributed by atoms with Gasteiger partial charge in [-0.1, -0.05) is 0 Å². The van der Waals surface area contributed by atoms with E-state index in [9.17, 15) is 13.6 Å². The molecule has 0 saturated heterocycles. The van der Waals surface area contributed by atoms with Gasteiger partial charge in [-0.25, -0.2) is 18.6 Å². The molecule has 0 spiro atoms. The second-order valence-corrected chi connectivity index (χ2v) is 4.98. The Morgan fingerprint density at radius 2 is 2.19 bits per heavy atom. The molecule has 0 bridgehead atoms. The molecular weight excluding hydrogens is 238 g/mol. The number of hydrogen-bond acceptors (Lipinski definition) is 4. The van der Waals surface area contributed by atoms with Crippen molar-refractivity contribution in [2.75, 3.05) is 0 Å². The Morgan fingerprint density at radius 3 is 2.62 bits per heavy atom. The molecule has 1 aromatic rings. The van der Waals surface area contributed by atoms with E-state index >= 15 is 0 Å². The lowest BCUT2D eigenvalue weighted by Crippen LogP contribution is -2.42. The minimum atomic E-state index is -2.65. The number of thiazole rings is 1. The fraction of sp³-hybridized carbons (Fsp3) is 0.556. The van der Waals surface area contributed by atoms with Crippen molar-refractivity contribution in [2.24, 2.45) is 0 Å². The van der Waals surface area contributed by atoms with Gasteiger partial charge in [0.25, 0.3) is 6.43 Å². The third-order valence-electron chi connectivity index (χ3n) is 1.36. The van der Waals surface area contributed by atoms with Gasteiger partial charge in [0.05, 0.1) is 5.38 Å². The molecule has 7 heteroatoms. The average Bonchev–Trinajstić information content (AvgIpc) is 2.48. The molecule has 1 amide bonds. The lowest BCUT2D eigenvalue weighted by molar-refractivity contribution is 0.149. The first-order valence-corrected chi connectivity index (χ1v) is 5.39. The van der Waals surface area contributed by atoms with Gasteiger partial charge in [-0.05, 0) is 20.8 Å². The van der Waals surface area contributed by atoms with Crippen molar-refractivity contribution in [3.8, 4) is 5.88 Å². The first-order valence-electron chi connectivity index (χ1n) is 4.51. The van der Waals surface area contributed by atoms with Crippen molar-refractivity contribution in [1.82, 2.24) is 10.3 Å². The Kier molecular flexibility index (Phi) is 3.79. The van der Waals surface area contributed by atoms with Crippen LogP contribution >= 0.6 is 11.3 Å². The zero-order valence-corrected chi connectivity index (χ0v) is 9.90. The highest BCUT2D eigenvalue weighted by Gasteiger charge is 2.18. The van der Waals surface area contributed by atoms with Crippen molar-refractivity contribution >= 4 is 17.4 Å². The number of ether oxygens (including phenoxy) is 1. The molecule has 0 fully saturated rings. The molecule has 0 aromatic carbocycles. The van der Waals surface area contributed by atoms with E-state index in [0.29, 0.717) is 0 Å². The minimum Gasteiger partial charge on any atom is -0.390 e. The SMILES string of the molecule is CC(C)(C)NC(=O)Oc1csc(C(F)F)n1. The summed E-state index contributed by atoms with van der Waals surface area (Å²) in [5.74, 6) is -0.109. The quantitative estimate of drug-likeness (QED) is 0.877. The van der Waals surface area contributed by atoms with Crippen molar-refractivity contribution < 1.29 is 18.3 Å². The molecule has 1 rings (SSSR count). The number of aromatic nitrogens is 1. The van der Waals surface area contributed by atoms with Crippen LogP contribution in [-0.4, -0.2) is 16.6 Å². The largest absolute Gasteiger partial charge is 0.414 e. The molecule has 0 unspecified atom stereocenters.